The summed E-state index contributed by atoms with van der Waals surface area (Å²) < 4.78 is 0. The molecule has 0 spiro atoms. The zero-order valence-corrected chi connectivity index (χ0v) is 14.6. The van der Waals surface area contributed by atoms with E-state index < -0.39 is 0 Å². The van der Waals surface area contributed by atoms with E-state index in [-0.39, 0.29) is 17.7 Å². The number of nitrogens with zero attached hydrogens (tertiary/aromatic N) is 2. The van der Waals surface area contributed by atoms with Crippen LogP contribution in [-0.2, 0) is 9.59 Å². The topological polar surface area (TPSA) is 40.6 Å². The second-order valence-corrected chi connectivity index (χ2v) is 7.20. The predicted octanol–water partition coefficient (Wildman–Crippen LogP) is 3.02. The average molecular weight is 336 g/mol. The van der Waals surface area contributed by atoms with Crippen molar-refractivity contribution in [2.24, 2.45) is 5.92 Å². The minimum atomic E-state index is 0.106. The number of hydrogen-bond acceptors (Lipinski definition) is 2. The molecule has 0 aromatic heterocycles. The van der Waals surface area contributed by atoms with Gasteiger partial charge >= 0.3 is 0 Å². The van der Waals surface area contributed by atoms with Crippen LogP contribution >= 0.6 is 0 Å². The van der Waals surface area contributed by atoms with Crippen molar-refractivity contribution in [2.75, 3.05) is 26.2 Å². The lowest BCUT2D eigenvalue weighted by Crippen LogP contribution is -2.37. The molecule has 1 aliphatic carbocycles. The summed E-state index contributed by atoms with van der Waals surface area (Å²) in [4.78, 5) is 28.3. The Labute approximate surface area is 148 Å². The van der Waals surface area contributed by atoms with Crippen LogP contribution in [0.1, 0.15) is 31.2 Å². The van der Waals surface area contributed by atoms with Crippen molar-refractivity contribution < 1.29 is 9.59 Å². The maximum atomic E-state index is 12.9. The van der Waals surface area contributed by atoms with Gasteiger partial charge in [0.15, 0.2) is 0 Å². The summed E-state index contributed by atoms with van der Waals surface area (Å²) in [6.45, 7) is 4.46. The van der Waals surface area contributed by atoms with Crippen LogP contribution in [0.4, 0.5) is 0 Å². The minimum Gasteiger partial charge on any atom is -0.341 e. The summed E-state index contributed by atoms with van der Waals surface area (Å²) in [5, 5.41) is 2.51. The van der Waals surface area contributed by atoms with Crippen molar-refractivity contribution in [1.82, 2.24) is 9.80 Å². The molecule has 2 aromatic rings. The Morgan fingerprint density at radius 1 is 0.920 bits per heavy atom. The molecular weight excluding hydrogens is 312 g/mol. The monoisotopic (exact) mass is 336 g/mol. The number of rotatable bonds is 2. The van der Waals surface area contributed by atoms with Gasteiger partial charge in [0.05, 0.1) is 0 Å². The van der Waals surface area contributed by atoms with Crippen LogP contribution in [0.3, 0.4) is 0 Å². The molecule has 2 fully saturated rings. The lowest BCUT2D eigenvalue weighted by molar-refractivity contribution is -0.133. The van der Waals surface area contributed by atoms with Gasteiger partial charge in [-0.2, -0.15) is 0 Å². The van der Waals surface area contributed by atoms with E-state index in [1.165, 1.54) is 16.3 Å². The van der Waals surface area contributed by atoms with Crippen molar-refractivity contribution >= 4 is 22.6 Å². The number of hydrogen-bond donors (Lipinski definition) is 0. The Morgan fingerprint density at radius 2 is 1.64 bits per heavy atom. The fourth-order valence-electron chi connectivity index (χ4n) is 4.07. The van der Waals surface area contributed by atoms with E-state index in [1.807, 2.05) is 9.80 Å². The summed E-state index contributed by atoms with van der Waals surface area (Å²) in [6.07, 6.45) is 1.82. The number of carbonyl (C=O) groups excluding carboxylic acids is 2. The summed E-state index contributed by atoms with van der Waals surface area (Å²) in [5.74, 6) is 0.818. The first-order valence-electron chi connectivity index (χ1n) is 9.17. The molecule has 2 atom stereocenters. The van der Waals surface area contributed by atoms with Gasteiger partial charge in [-0.1, -0.05) is 42.5 Å². The highest BCUT2D eigenvalue weighted by Gasteiger charge is 2.46. The highest BCUT2D eigenvalue weighted by atomic mass is 16.2. The zero-order chi connectivity index (χ0) is 17.4. The molecular formula is C21H24N2O2. The van der Waals surface area contributed by atoms with Crippen LogP contribution in [-0.4, -0.2) is 47.8 Å². The van der Waals surface area contributed by atoms with Crippen molar-refractivity contribution in [3.8, 4) is 0 Å². The first-order valence-corrected chi connectivity index (χ1v) is 9.17. The zero-order valence-electron chi connectivity index (χ0n) is 14.6. The Balaban J connectivity index is 1.47. The van der Waals surface area contributed by atoms with E-state index in [0.717, 1.165) is 25.9 Å². The van der Waals surface area contributed by atoms with E-state index in [2.05, 4.69) is 42.5 Å². The molecule has 1 saturated heterocycles. The van der Waals surface area contributed by atoms with Crippen LogP contribution in [0, 0.1) is 5.92 Å². The second kappa shape index (κ2) is 6.51. The number of benzene rings is 2. The SMILES string of the molecule is CC(=O)N1CCCN(C(=O)[C@H]2C[C@H]2c2cccc3ccccc23)CC1. The summed E-state index contributed by atoms with van der Waals surface area (Å²) in [6, 6.07) is 14.8. The highest BCUT2D eigenvalue weighted by molar-refractivity contribution is 5.89. The lowest BCUT2D eigenvalue weighted by Gasteiger charge is -2.21. The Morgan fingerprint density at radius 3 is 2.48 bits per heavy atom. The first kappa shape index (κ1) is 16.1. The third kappa shape index (κ3) is 3.13. The van der Waals surface area contributed by atoms with Crippen LogP contribution in [0.2, 0.25) is 0 Å². The van der Waals surface area contributed by atoms with Gasteiger partial charge < -0.3 is 9.80 Å². The molecule has 2 amide bonds. The van der Waals surface area contributed by atoms with E-state index in [1.54, 1.807) is 6.92 Å². The molecule has 4 nitrogen and oxygen atoms in total. The maximum absolute atomic E-state index is 12.9. The van der Waals surface area contributed by atoms with Gasteiger partial charge in [-0.05, 0) is 35.1 Å². The Bertz CT molecular complexity index is 811. The Kier molecular flexibility index (Phi) is 4.20. The molecule has 4 rings (SSSR count). The van der Waals surface area contributed by atoms with Crippen LogP contribution < -0.4 is 0 Å². The summed E-state index contributed by atoms with van der Waals surface area (Å²) in [5.41, 5.74) is 1.30. The second-order valence-electron chi connectivity index (χ2n) is 7.20. The largest absolute Gasteiger partial charge is 0.341 e. The molecule has 2 aromatic carbocycles. The number of amides is 2. The van der Waals surface area contributed by atoms with E-state index in [4.69, 9.17) is 0 Å². The Hall–Kier alpha value is -2.36. The van der Waals surface area contributed by atoms with E-state index >= 15 is 0 Å². The van der Waals surface area contributed by atoms with Gasteiger partial charge in [0.25, 0.3) is 0 Å². The average Bonchev–Trinajstić information content (AvgIpc) is 3.44. The molecule has 4 heteroatoms. The van der Waals surface area contributed by atoms with Gasteiger partial charge in [0, 0.05) is 39.0 Å². The van der Waals surface area contributed by atoms with Gasteiger partial charge in [-0.3, -0.25) is 9.59 Å². The molecule has 0 bridgehead atoms. The van der Waals surface area contributed by atoms with Crippen molar-refractivity contribution in [2.45, 2.75) is 25.7 Å². The van der Waals surface area contributed by atoms with Crippen LogP contribution in [0.25, 0.3) is 10.8 Å². The lowest BCUT2D eigenvalue weighted by atomic mass is 10.00. The van der Waals surface area contributed by atoms with Crippen LogP contribution in [0.15, 0.2) is 42.5 Å². The van der Waals surface area contributed by atoms with Crippen LogP contribution in [0.5, 0.6) is 0 Å². The van der Waals surface area contributed by atoms with E-state index in [0.29, 0.717) is 19.0 Å². The third-order valence-electron chi connectivity index (χ3n) is 5.58. The van der Waals surface area contributed by atoms with Gasteiger partial charge in [0.2, 0.25) is 11.8 Å². The van der Waals surface area contributed by atoms with Crippen molar-refractivity contribution in [3.05, 3.63) is 48.0 Å². The van der Waals surface area contributed by atoms with Gasteiger partial charge in [-0.15, -0.1) is 0 Å². The molecule has 130 valence electrons. The summed E-state index contributed by atoms with van der Waals surface area (Å²) >= 11 is 0. The quantitative estimate of drug-likeness (QED) is 0.846. The minimum absolute atomic E-state index is 0.106. The van der Waals surface area contributed by atoms with Gasteiger partial charge in [0.1, 0.15) is 0 Å². The number of carbonyl (C=O) groups is 2. The van der Waals surface area contributed by atoms with Crippen molar-refractivity contribution in [1.29, 1.82) is 0 Å². The smallest absolute Gasteiger partial charge is 0.226 e. The highest BCUT2D eigenvalue weighted by Crippen LogP contribution is 2.50. The van der Waals surface area contributed by atoms with Gasteiger partial charge in [-0.25, -0.2) is 0 Å². The molecule has 25 heavy (non-hydrogen) atoms. The molecule has 1 heterocycles. The fourth-order valence-corrected chi connectivity index (χ4v) is 4.07. The molecule has 0 unspecified atom stereocenters. The first-order chi connectivity index (χ1) is 12.1. The standard InChI is InChI=1S/C21H24N2O2/c1-15(24)22-10-5-11-23(13-12-22)21(25)20-14-19(20)18-9-4-7-16-6-2-3-8-17(16)18/h2-4,6-9,19-20H,5,10-14H2,1H3/t19-,20-/m0/s1. The molecule has 1 saturated carbocycles. The molecule has 1 aliphatic heterocycles. The molecule has 0 N–H and O–H groups in total. The number of fused-ring (bicyclic) bond motifs is 1. The van der Waals surface area contributed by atoms with E-state index in [9.17, 15) is 9.59 Å². The molecule has 0 radical (unpaired) electrons. The van der Waals surface area contributed by atoms with Crippen molar-refractivity contribution in [3.63, 3.8) is 0 Å². The fraction of sp³-hybridized carbons (Fsp3) is 0.429. The maximum Gasteiger partial charge on any atom is 0.226 e. The summed E-state index contributed by atoms with van der Waals surface area (Å²) in [7, 11) is 0. The predicted molar refractivity (Wildman–Crippen MR) is 98.2 cm³/mol. The molecule has 2 aliphatic rings. The third-order valence-corrected chi connectivity index (χ3v) is 5.58. The normalized spacial score (nSPS) is 23.4.